The maximum absolute atomic E-state index is 9.55. The maximum atomic E-state index is 9.55. The van der Waals surface area contributed by atoms with Gasteiger partial charge in [-0.3, -0.25) is 0 Å². The smallest absolute Gasteiger partial charge is 0.328 e. The predicted octanol–water partition coefficient (Wildman–Crippen LogP) is 2.15. The number of methoxy groups -OCH3 is 2. The standard InChI is InChI=1S/C16H18N2O2.C4H4O4/c1-19-13-6-9-3-4-18-12-5-10-7-17-8-11(10)15(14(9)12)16(13)20-2;5-3(6)1-2-4(7)8/h6-8,12,17-18H,3-5H2,1-2H3;1-2H,(H,5,6)(H,7,8)/b;2-1-. The molecule has 8 nitrogen and oxygen atoms in total. The quantitative estimate of drug-likeness (QED) is 0.594. The number of H-pyrrole nitrogens is 1. The molecule has 0 amide bonds. The third-order valence-electron chi connectivity index (χ3n) is 4.82. The fourth-order valence-corrected chi connectivity index (χ4v) is 3.75. The highest BCUT2D eigenvalue weighted by Crippen LogP contribution is 2.50. The number of aromatic nitrogens is 1. The topological polar surface area (TPSA) is 121 Å². The van der Waals surface area contributed by atoms with Crippen molar-refractivity contribution in [3.8, 4) is 22.6 Å². The van der Waals surface area contributed by atoms with Gasteiger partial charge in [0.1, 0.15) is 0 Å². The molecule has 4 N–H and O–H groups in total. The van der Waals surface area contributed by atoms with Crippen molar-refractivity contribution in [3.63, 3.8) is 0 Å². The molecule has 1 atom stereocenters. The number of ether oxygens (including phenoxy) is 2. The minimum atomic E-state index is -1.26. The number of carbonyl (C=O) groups is 2. The van der Waals surface area contributed by atoms with Crippen molar-refractivity contribution < 1.29 is 29.3 Å². The van der Waals surface area contributed by atoms with E-state index in [-0.39, 0.29) is 0 Å². The van der Waals surface area contributed by atoms with Crippen LogP contribution in [0.25, 0.3) is 11.1 Å². The Morgan fingerprint density at radius 2 is 1.82 bits per heavy atom. The number of hydrogen-bond acceptors (Lipinski definition) is 5. The number of benzene rings is 1. The molecule has 4 rings (SSSR count). The van der Waals surface area contributed by atoms with E-state index in [1.54, 1.807) is 14.2 Å². The molecule has 28 heavy (non-hydrogen) atoms. The summed E-state index contributed by atoms with van der Waals surface area (Å²) in [5.41, 5.74) is 6.56. The van der Waals surface area contributed by atoms with Crippen LogP contribution in [0.5, 0.6) is 11.5 Å². The van der Waals surface area contributed by atoms with E-state index >= 15 is 0 Å². The van der Waals surface area contributed by atoms with Crippen LogP contribution in [-0.2, 0) is 22.4 Å². The Labute approximate surface area is 161 Å². The number of aliphatic carboxylic acids is 2. The van der Waals surface area contributed by atoms with E-state index in [0.717, 1.165) is 30.9 Å². The summed E-state index contributed by atoms with van der Waals surface area (Å²) < 4.78 is 11.2. The Morgan fingerprint density at radius 3 is 2.43 bits per heavy atom. The van der Waals surface area contributed by atoms with Gasteiger partial charge in [-0.1, -0.05) is 0 Å². The molecule has 1 aliphatic carbocycles. The van der Waals surface area contributed by atoms with E-state index in [1.807, 2.05) is 0 Å². The summed E-state index contributed by atoms with van der Waals surface area (Å²) in [5, 5.41) is 19.3. The van der Waals surface area contributed by atoms with Crippen molar-refractivity contribution >= 4 is 11.9 Å². The van der Waals surface area contributed by atoms with Gasteiger partial charge >= 0.3 is 11.9 Å². The Hall–Kier alpha value is -3.26. The lowest BCUT2D eigenvalue weighted by Gasteiger charge is -2.34. The molecule has 0 bridgehead atoms. The van der Waals surface area contributed by atoms with Crippen LogP contribution in [0.1, 0.15) is 22.7 Å². The van der Waals surface area contributed by atoms with Crippen LogP contribution in [0.15, 0.2) is 30.6 Å². The molecular weight excluding hydrogens is 364 g/mol. The molecule has 2 aromatic rings. The second-order valence-corrected chi connectivity index (χ2v) is 6.42. The van der Waals surface area contributed by atoms with Crippen LogP contribution >= 0.6 is 0 Å². The number of hydrogen-bond donors (Lipinski definition) is 4. The van der Waals surface area contributed by atoms with E-state index in [2.05, 4.69) is 28.8 Å². The van der Waals surface area contributed by atoms with Gasteiger partial charge in [0, 0.05) is 41.7 Å². The number of carboxylic acid groups (broad SMARTS) is 2. The number of fused-ring (bicyclic) bond motifs is 2. The summed E-state index contributed by atoms with van der Waals surface area (Å²) in [5.74, 6) is -0.837. The molecule has 2 aliphatic rings. The normalized spacial score (nSPS) is 16.4. The molecule has 1 aromatic carbocycles. The Bertz CT molecular complexity index is 915. The number of carboxylic acids is 2. The molecule has 0 saturated heterocycles. The Morgan fingerprint density at radius 1 is 1.11 bits per heavy atom. The van der Waals surface area contributed by atoms with Crippen LogP contribution < -0.4 is 14.8 Å². The Kier molecular flexibility index (Phi) is 5.70. The summed E-state index contributed by atoms with van der Waals surface area (Å²) >= 11 is 0. The lowest BCUT2D eigenvalue weighted by atomic mass is 9.79. The van der Waals surface area contributed by atoms with E-state index < -0.39 is 11.9 Å². The molecular formula is C20H22N2O6. The van der Waals surface area contributed by atoms with Gasteiger partial charge in [0.15, 0.2) is 11.5 Å². The fourth-order valence-electron chi connectivity index (χ4n) is 3.75. The van der Waals surface area contributed by atoms with Crippen LogP contribution in [0, 0.1) is 0 Å². The van der Waals surface area contributed by atoms with Gasteiger partial charge in [0.25, 0.3) is 0 Å². The van der Waals surface area contributed by atoms with Gasteiger partial charge in [-0.25, -0.2) is 9.59 Å². The number of aromatic amines is 1. The van der Waals surface area contributed by atoms with Crippen molar-refractivity contribution in [1.82, 2.24) is 10.3 Å². The zero-order chi connectivity index (χ0) is 20.3. The van der Waals surface area contributed by atoms with Crippen molar-refractivity contribution in [1.29, 1.82) is 0 Å². The van der Waals surface area contributed by atoms with E-state index in [9.17, 15) is 9.59 Å². The number of rotatable bonds is 4. The number of nitrogens with one attached hydrogen (secondary N) is 2. The summed E-state index contributed by atoms with van der Waals surface area (Å²) in [7, 11) is 3.42. The minimum Gasteiger partial charge on any atom is -0.493 e. The van der Waals surface area contributed by atoms with Crippen molar-refractivity contribution in [2.24, 2.45) is 0 Å². The molecule has 2 heterocycles. The van der Waals surface area contributed by atoms with Gasteiger partial charge in [-0.2, -0.15) is 0 Å². The molecule has 148 valence electrons. The second kappa shape index (κ2) is 8.18. The van der Waals surface area contributed by atoms with Gasteiger partial charge in [-0.15, -0.1) is 0 Å². The zero-order valence-corrected chi connectivity index (χ0v) is 15.6. The van der Waals surface area contributed by atoms with Crippen LogP contribution in [0.4, 0.5) is 0 Å². The largest absolute Gasteiger partial charge is 0.493 e. The van der Waals surface area contributed by atoms with Gasteiger partial charge in [0.05, 0.1) is 14.2 Å². The average Bonchev–Trinajstić information content (AvgIpc) is 3.15. The van der Waals surface area contributed by atoms with E-state index in [1.165, 1.54) is 27.8 Å². The third kappa shape index (κ3) is 3.72. The highest BCUT2D eigenvalue weighted by molar-refractivity contribution is 5.89. The van der Waals surface area contributed by atoms with Gasteiger partial charge < -0.3 is 30.0 Å². The third-order valence-corrected chi connectivity index (χ3v) is 4.82. The highest BCUT2D eigenvalue weighted by atomic mass is 16.5. The second-order valence-electron chi connectivity index (χ2n) is 6.42. The van der Waals surface area contributed by atoms with Crippen LogP contribution in [-0.4, -0.2) is 47.9 Å². The predicted molar refractivity (Wildman–Crippen MR) is 102 cm³/mol. The highest BCUT2D eigenvalue weighted by Gasteiger charge is 2.33. The first-order valence-electron chi connectivity index (χ1n) is 8.77. The Balaban J connectivity index is 0.000000242. The summed E-state index contributed by atoms with van der Waals surface area (Å²) in [6, 6.07) is 2.53. The molecule has 8 heteroatoms. The van der Waals surface area contributed by atoms with Crippen molar-refractivity contribution in [3.05, 3.63) is 47.3 Å². The van der Waals surface area contributed by atoms with E-state index in [0.29, 0.717) is 18.2 Å². The van der Waals surface area contributed by atoms with E-state index in [4.69, 9.17) is 19.7 Å². The lowest BCUT2D eigenvalue weighted by molar-refractivity contribution is -0.134. The molecule has 0 spiro atoms. The van der Waals surface area contributed by atoms with Gasteiger partial charge in [0.2, 0.25) is 0 Å². The maximum Gasteiger partial charge on any atom is 0.328 e. The monoisotopic (exact) mass is 386 g/mol. The molecule has 1 aliphatic heterocycles. The zero-order valence-electron chi connectivity index (χ0n) is 15.6. The first-order chi connectivity index (χ1) is 13.5. The van der Waals surface area contributed by atoms with Crippen molar-refractivity contribution in [2.75, 3.05) is 20.8 Å². The van der Waals surface area contributed by atoms with Crippen LogP contribution in [0.2, 0.25) is 0 Å². The lowest BCUT2D eigenvalue weighted by Crippen LogP contribution is -2.33. The van der Waals surface area contributed by atoms with Gasteiger partial charge in [-0.05, 0) is 42.1 Å². The minimum absolute atomic E-state index is 0.386. The summed E-state index contributed by atoms with van der Waals surface area (Å²) in [6.45, 7) is 1.02. The molecule has 0 fully saturated rings. The molecule has 1 unspecified atom stereocenters. The summed E-state index contributed by atoms with van der Waals surface area (Å²) in [6.07, 6.45) is 7.35. The van der Waals surface area contributed by atoms with Crippen LogP contribution in [0.3, 0.4) is 0 Å². The molecule has 0 saturated carbocycles. The van der Waals surface area contributed by atoms with Crippen molar-refractivity contribution in [2.45, 2.75) is 18.9 Å². The molecule has 0 radical (unpaired) electrons. The first kappa shape index (κ1) is 19.5. The SMILES string of the molecule is COc1cc2c3c(c1OC)-c1c[nH]cc1CC3NCC2.O=C(O)/C=C\C(=O)O. The summed E-state index contributed by atoms with van der Waals surface area (Å²) in [4.78, 5) is 22.3. The molecule has 1 aromatic heterocycles. The fraction of sp³-hybridized carbons (Fsp3) is 0.300. The average molecular weight is 386 g/mol. The first-order valence-corrected chi connectivity index (χ1v) is 8.77.